The predicted molar refractivity (Wildman–Crippen MR) is 112 cm³/mol. The first-order chi connectivity index (χ1) is 13.8. The van der Waals surface area contributed by atoms with E-state index in [0.717, 1.165) is 55.0 Å². The number of anilines is 1. The van der Waals surface area contributed by atoms with Crippen LogP contribution in [0.5, 0.6) is 11.5 Å². The van der Waals surface area contributed by atoms with Crippen molar-refractivity contribution < 1.29 is 9.47 Å². The zero-order chi connectivity index (χ0) is 19.0. The van der Waals surface area contributed by atoms with Gasteiger partial charge in [-0.1, -0.05) is 0 Å². The van der Waals surface area contributed by atoms with Gasteiger partial charge in [0.25, 0.3) is 0 Å². The first kappa shape index (κ1) is 18.0. The van der Waals surface area contributed by atoms with E-state index in [4.69, 9.17) is 9.47 Å². The fourth-order valence-corrected chi connectivity index (χ4v) is 4.77. The Hall–Kier alpha value is -2.05. The molecule has 5 rings (SSSR count). The Morgan fingerprint density at radius 2 is 2.00 bits per heavy atom. The molecule has 1 aromatic carbocycles. The third kappa shape index (κ3) is 3.29. The second-order valence-electron chi connectivity index (χ2n) is 8.41. The highest BCUT2D eigenvalue weighted by Crippen LogP contribution is 2.40. The molecule has 0 atom stereocenters. The molecule has 150 valence electrons. The maximum absolute atomic E-state index is 6.08. The summed E-state index contributed by atoms with van der Waals surface area (Å²) >= 11 is 0. The molecule has 1 N–H and O–H groups in total. The summed E-state index contributed by atoms with van der Waals surface area (Å²) < 4.78 is 11.7. The number of fused-ring (bicyclic) bond motifs is 1. The SMILES string of the molecule is COc1cc2c(N3CC4(CCN4)C3)ccnc2cc1OCCCN1CCCC1. The fourth-order valence-electron chi connectivity index (χ4n) is 4.77. The van der Waals surface area contributed by atoms with Crippen molar-refractivity contribution in [3.8, 4) is 11.5 Å². The molecule has 3 aliphatic heterocycles. The average molecular weight is 383 g/mol. The summed E-state index contributed by atoms with van der Waals surface area (Å²) in [6.45, 7) is 7.59. The van der Waals surface area contributed by atoms with E-state index < -0.39 is 0 Å². The van der Waals surface area contributed by atoms with Crippen molar-refractivity contribution in [1.82, 2.24) is 15.2 Å². The van der Waals surface area contributed by atoms with Crippen LogP contribution in [0.15, 0.2) is 24.4 Å². The number of rotatable bonds is 7. The first-order valence-electron chi connectivity index (χ1n) is 10.6. The minimum Gasteiger partial charge on any atom is -0.493 e. The van der Waals surface area contributed by atoms with Gasteiger partial charge in [-0.3, -0.25) is 4.98 Å². The molecule has 4 heterocycles. The van der Waals surface area contributed by atoms with E-state index in [1.54, 1.807) is 7.11 Å². The van der Waals surface area contributed by atoms with Crippen molar-refractivity contribution in [2.24, 2.45) is 0 Å². The minimum atomic E-state index is 0.359. The molecule has 0 unspecified atom stereocenters. The molecule has 6 nitrogen and oxygen atoms in total. The van der Waals surface area contributed by atoms with Crippen LogP contribution in [-0.2, 0) is 0 Å². The van der Waals surface area contributed by atoms with Crippen molar-refractivity contribution in [3.63, 3.8) is 0 Å². The molecule has 0 saturated carbocycles. The summed E-state index contributed by atoms with van der Waals surface area (Å²) in [6, 6.07) is 6.24. The summed E-state index contributed by atoms with van der Waals surface area (Å²) in [6.07, 6.45) is 6.90. The Labute approximate surface area is 166 Å². The Balaban J connectivity index is 1.30. The van der Waals surface area contributed by atoms with Crippen LogP contribution in [0, 0.1) is 0 Å². The summed E-state index contributed by atoms with van der Waals surface area (Å²) in [5, 5.41) is 4.72. The quantitative estimate of drug-likeness (QED) is 0.743. The lowest BCUT2D eigenvalue weighted by molar-refractivity contribution is 0.160. The van der Waals surface area contributed by atoms with E-state index in [0.29, 0.717) is 12.1 Å². The molecule has 1 aromatic heterocycles. The van der Waals surface area contributed by atoms with Gasteiger partial charge < -0.3 is 24.6 Å². The lowest BCUT2D eigenvalue weighted by Gasteiger charge is -2.57. The van der Waals surface area contributed by atoms with Gasteiger partial charge in [0, 0.05) is 43.0 Å². The van der Waals surface area contributed by atoms with E-state index >= 15 is 0 Å². The molecule has 0 bridgehead atoms. The lowest BCUT2D eigenvalue weighted by atomic mass is 9.80. The zero-order valence-electron chi connectivity index (χ0n) is 16.7. The van der Waals surface area contributed by atoms with Gasteiger partial charge in [-0.15, -0.1) is 0 Å². The van der Waals surface area contributed by atoms with Gasteiger partial charge in [-0.2, -0.15) is 0 Å². The summed E-state index contributed by atoms with van der Waals surface area (Å²) in [5.41, 5.74) is 2.57. The number of nitrogens with one attached hydrogen (secondary N) is 1. The molecule has 28 heavy (non-hydrogen) atoms. The summed E-state index contributed by atoms with van der Waals surface area (Å²) in [7, 11) is 1.71. The number of aromatic nitrogens is 1. The molecule has 0 aliphatic carbocycles. The van der Waals surface area contributed by atoms with Gasteiger partial charge in [0.15, 0.2) is 11.5 Å². The number of pyridine rings is 1. The van der Waals surface area contributed by atoms with Crippen molar-refractivity contribution in [2.45, 2.75) is 31.2 Å². The number of likely N-dealkylation sites (tertiary alicyclic amines) is 1. The standard InChI is InChI=1S/C22H30N4O2/c1-27-20-13-17-18(14-21(20)28-12-4-11-25-9-2-3-10-25)23-7-5-19(17)26-15-22(16-26)6-8-24-22/h5,7,13-14,24H,2-4,6,8-12,15-16H2,1H3. The maximum atomic E-state index is 6.08. The summed E-state index contributed by atoms with van der Waals surface area (Å²) in [4.78, 5) is 9.55. The van der Waals surface area contributed by atoms with Crippen molar-refractivity contribution >= 4 is 16.6 Å². The molecule has 1 spiro atoms. The highest BCUT2D eigenvalue weighted by molar-refractivity contribution is 5.94. The molecule has 3 aliphatic rings. The van der Waals surface area contributed by atoms with E-state index in [-0.39, 0.29) is 0 Å². The van der Waals surface area contributed by atoms with Crippen LogP contribution in [0.4, 0.5) is 5.69 Å². The highest BCUT2D eigenvalue weighted by Gasteiger charge is 2.47. The van der Waals surface area contributed by atoms with Crippen molar-refractivity contribution in [3.05, 3.63) is 24.4 Å². The second-order valence-corrected chi connectivity index (χ2v) is 8.41. The summed E-state index contributed by atoms with van der Waals surface area (Å²) in [5.74, 6) is 1.58. The van der Waals surface area contributed by atoms with Crippen LogP contribution in [-0.4, -0.2) is 68.4 Å². The van der Waals surface area contributed by atoms with Gasteiger partial charge in [0.1, 0.15) is 0 Å². The largest absolute Gasteiger partial charge is 0.493 e. The number of nitrogens with zero attached hydrogens (tertiary/aromatic N) is 3. The topological polar surface area (TPSA) is 49.9 Å². The van der Waals surface area contributed by atoms with Gasteiger partial charge in [-0.05, 0) is 57.5 Å². The monoisotopic (exact) mass is 382 g/mol. The van der Waals surface area contributed by atoms with Gasteiger partial charge in [-0.25, -0.2) is 0 Å². The van der Waals surface area contributed by atoms with Crippen molar-refractivity contribution in [1.29, 1.82) is 0 Å². The third-order valence-electron chi connectivity index (χ3n) is 6.51. The van der Waals surface area contributed by atoms with Gasteiger partial charge >= 0.3 is 0 Å². The van der Waals surface area contributed by atoms with Crippen LogP contribution < -0.4 is 19.7 Å². The predicted octanol–water partition coefficient (Wildman–Crippen LogP) is 2.66. The van der Waals surface area contributed by atoms with Crippen molar-refractivity contribution in [2.75, 3.05) is 57.9 Å². The zero-order valence-corrected chi connectivity index (χ0v) is 16.7. The lowest BCUT2D eigenvalue weighted by Crippen LogP contribution is -2.75. The smallest absolute Gasteiger partial charge is 0.163 e. The third-order valence-corrected chi connectivity index (χ3v) is 6.51. The number of hydrogen-bond acceptors (Lipinski definition) is 6. The molecule has 3 saturated heterocycles. The number of methoxy groups -OCH3 is 1. The Morgan fingerprint density at radius 1 is 1.18 bits per heavy atom. The average Bonchev–Trinajstić information content (AvgIpc) is 3.16. The van der Waals surface area contributed by atoms with Gasteiger partial charge in [0.05, 0.1) is 24.8 Å². The molecule has 3 fully saturated rings. The van der Waals surface area contributed by atoms with E-state index in [1.807, 2.05) is 12.3 Å². The molecule has 6 heteroatoms. The number of benzene rings is 1. The Morgan fingerprint density at radius 3 is 2.71 bits per heavy atom. The van der Waals surface area contributed by atoms with Crippen LogP contribution in [0.25, 0.3) is 10.9 Å². The van der Waals surface area contributed by atoms with E-state index in [1.165, 1.54) is 38.0 Å². The van der Waals surface area contributed by atoms with Crippen LogP contribution >= 0.6 is 0 Å². The fraction of sp³-hybridized carbons (Fsp3) is 0.591. The molecule has 0 amide bonds. The number of ether oxygens (including phenoxy) is 2. The van der Waals surface area contributed by atoms with Crippen LogP contribution in [0.3, 0.4) is 0 Å². The highest BCUT2D eigenvalue weighted by atomic mass is 16.5. The normalized spacial score (nSPS) is 21.0. The second kappa shape index (κ2) is 7.41. The minimum absolute atomic E-state index is 0.359. The first-order valence-corrected chi connectivity index (χ1v) is 10.6. The molecular formula is C22H30N4O2. The molecule has 0 radical (unpaired) electrons. The number of hydrogen-bond donors (Lipinski definition) is 1. The van der Waals surface area contributed by atoms with E-state index in [2.05, 4.69) is 32.2 Å². The van der Waals surface area contributed by atoms with Crippen LogP contribution in [0.2, 0.25) is 0 Å². The molecular weight excluding hydrogens is 352 g/mol. The Bertz CT molecular complexity index is 838. The molecule has 2 aromatic rings. The van der Waals surface area contributed by atoms with Gasteiger partial charge in [0.2, 0.25) is 0 Å². The van der Waals surface area contributed by atoms with Crippen LogP contribution in [0.1, 0.15) is 25.7 Å². The van der Waals surface area contributed by atoms with E-state index in [9.17, 15) is 0 Å². The Kier molecular flexibility index (Phi) is 4.77. The maximum Gasteiger partial charge on any atom is 0.163 e.